The monoisotopic (exact) mass is 290 g/mol. The smallest absolute Gasteiger partial charge is 0.376 e. The molecule has 1 heterocycles. The van der Waals surface area contributed by atoms with Gasteiger partial charge < -0.3 is 10.2 Å². The summed E-state index contributed by atoms with van der Waals surface area (Å²) in [6, 6.07) is 10.9. The number of benzene rings is 1. The van der Waals surface area contributed by atoms with Gasteiger partial charge in [-0.3, -0.25) is 4.79 Å². The molecule has 0 saturated carbocycles. The Bertz CT molecular complexity index is 664. The second-order valence-electron chi connectivity index (χ2n) is 3.71. The van der Waals surface area contributed by atoms with E-state index >= 15 is 0 Å². The number of hydrogen-bond acceptors (Lipinski definition) is 5. The lowest BCUT2D eigenvalue weighted by atomic mass is 10.3. The quantitative estimate of drug-likeness (QED) is 0.497. The zero-order valence-corrected chi connectivity index (χ0v) is 10.9. The molecule has 0 aliphatic heterocycles. The van der Waals surface area contributed by atoms with Crippen LogP contribution in [0.3, 0.4) is 0 Å². The van der Waals surface area contributed by atoms with Crippen molar-refractivity contribution in [2.24, 2.45) is 0 Å². The predicted molar refractivity (Wildman–Crippen MR) is 73.2 cm³/mol. The maximum absolute atomic E-state index is 10.9. The molecule has 0 spiro atoms. The zero-order chi connectivity index (χ0) is 14.5. The van der Waals surface area contributed by atoms with Crippen molar-refractivity contribution in [3.8, 4) is 0 Å². The topological polar surface area (TPSA) is 92.4 Å². The van der Waals surface area contributed by atoms with Gasteiger partial charge in [0.2, 0.25) is 0 Å². The van der Waals surface area contributed by atoms with Crippen molar-refractivity contribution in [2.45, 2.75) is 4.90 Å². The molecule has 2 N–H and O–H groups in total. The van der Waals surface area contributed by atoms with Crippen LogP contribution >= 0.6 is 11.9 Å². The van der Waals surface area contributed by atoms with E-state index in [1.165, 1.54) is 22.1 Å². The van der Waals surface area contributed by atoms with Crippen molar-refractivity contribution >= 4 is 29.5 Å². The van der Waals surface area contributed by atoms with Gasteiger partial charge in [0, 0.05) is 29.1 Å². The largest absolute Gasteiger partial charge is 0.505 e. The molecule has 1 aromatic heterocycles. The molecule has 2 rings (SSSR count). The molecule has 0 saturated heterocycles. The molecule has 0 radical (unpaired) electrons. The van der Waals surface area contributed by atoms with Crippen LogP contribution in [0.1, 0.15) is 5.69 Å². The van der Waals surface area contributed by atoms with E-state index in [4.69, 9.17) is 5.11 Å². The first-order chi connectivity index (χ1) is 9.56. The summed E-state index contributed by atoms with van der Waals surface area (Å²) in [6.45, 7) is 0. The highest BCUT2D eigenvalue weighted by Gasteiger charge is 2.12. The van der Waals surface area contributed by atoms with Gasteiger partial charge in [-0.25, -0.2) is 8.88 Å². The van der Waals surface area contributed by atoms with Crippen LogP contribution in [0.4, 0.5) is 0 Å². The molecule has 102 valence electrons. The van der Waals surface area contributed by atoms with E-state index in [9.17, 15) is 14.7 Å². The summed E-state index contributed by atoms with van der Waals surface area (Å²) in [6.07, 6.45) is 2.23. The second-order valence-corrected chi connectivity index (χ2v) is 4.73. The van der Waals surface area contributed by atoms with Crippen molar-refractivity contribution < 1.29 is 19.8 Å². The van der Waals surface area contributed by atoms with E-state index in [0.717, 1.165) is 4.90 Å². The Morgan fingerprint density at radius 3 is 2.50 bits per heavy atom. The third-order valence-corrected chi connectivity index (χ3v) is 3.12. The highest BCUT2D eigenvalue weighted by molar-refractivity contribution is 7.97. The minimum Gasteiger partial charge on any atom is -0.505 e. The van der Waals surface area contributed by atoms with E-state index in [-0.39, 0.29) is 5.69 Å². The molecule has 1 aromatic carbocycles. The van der Waals surface area contributed by atoms with Crippen LogP contribution in [-0.4, -0.2) is 31.2 Å². The minimum absolute atomic E-state index is 0.128. The zero-order valence-electron chi connectivity index (χ0n) is 10.1. The first-order valence-corrected chi connectivity index (χ1v) is 6.31. The summed E-state index contributed by atoms with van der Waals surface area (Å²) < 4.78 is 1.50. The molecule has 7 heteroatoms. The number of aromatic nitrogens is 2. The summed E-state index contributed by atoms with van der Waals surface area (Å²) in [5.41, 5.74) is 0.128. The molecular weight excluding hydrogens is 280 g/mol. The number of carbonyl (C=O) groups excluding carboxylic acids is 1. The third-order valence-electron chi connectivity index (χ3n) is 2.25. The highest BCUT2D eigenvalue weighted by Crippen LogP contribution is 2.20. The fourth-order valence-corrected chi connectivity index (χ4v) is 2.09. The molecule has 0 unspecified atom stereocenters. The second kappa shape index (κ2) is 6.07. The molecule has 20 heavy (non-hydrogen) atoms. The number of carboxylic acids is 1. The van der Waals surface area contributed by atoms with Gasteiger partial charge in [-0.15, -0.1) is 0 Å². The summed E-state index contributed by atoms with van der Waals surface area (Å²) in [5.74, 6) is -3.31. The molecule has 0 fully saturated rings. The number of hydrogen-bond donors (Lipinski definition) is 2. The van der Waals surface area contributed by atoms with Crippen LogP contribution in [-0.2, 0) is 9.59 Å². The molecule has 6 nitrogen and oxygen atoms in total. The Balaban J connectivity index is 2.13. The third kappa shape index (κ3) is 3.48. The van der Waals surface area contributed by atoms with Crippen LogP contribution in [0.25, 0.3) is 5.76 Å². The van der Waals surface area contributed by atoms with Crippen LogP contribution in [0.15, 0.2) is 53.6 Å². The lowest BCUT2D eigenvalue weighted by molar-refractivity contribution is -0.146. The minimum atomic E-state index is -1.63. The van der Waals surface area contributed by atoms with Crippen molar-refractivity contribution in [3.05, 3.63) is 54.4 Å². The Labute approximate surface area is 118 Å². The van der Waals surface area contributed by atoms with Crippen LogP contribution in [0, 0.1) is 0 Å². The normalized spacial score (nSPS) is 11.3. The SMILES string of the molecule is O=C(O)C(=O)C=C(O)c1ccn(Sc2ccccc2)n1. The van der Waals surface area contributed by atoms with E-state index in [2.05, 4.69) is 5.10 Å². The van der Waals surface area contributed by atoms with Crippen LogP contribution < -0.4 is 0 Å². The van der Waals surface area contributed by atoms with E-state index in [1.807, 2.05) is 30.3 Å². The predicted octanol–water partition coefficient (Wildman–Crippen LogP) is 1.99. The standard InChI is InChI=1S/C13H10N2O4S/c16-11(8-12(17)13(18)19)10-6-7-15(14-10)20-9-4-2-1-3-5-9/h1-8,16H,(H,18,19). The number of ketones is 1. The van der Waals surface area contributed by atoms with Gasteiger partial charge in [0.15, 0.2) is 0 Å². The van der Waals surface area contributed by atoms with Gasteiger partial charge >= 0.3 is 5.97 Å². The van der Waals surface area contributed by atoms with Crippen molar-refractivity contribution in [1.82, 2.24) is 9.19 Å². The van der Waals surface area contributed by atoms with Crippen LogP contribution in [0.5, 0.6) is 0 Å². The van der Waals surface area contributed by atoms with E-state index in [1.54, 1.807) is 6.20 Å². The van der Waals surface area contributed by atoms with Gasteiger partial charge in [0.25, 0.3) is 5.78 Å². The Morgan fingerprint density at radius 2 is 1.85 bits per heavy atom. The molecule has 0 bridgehead atoms. The molecule has 0 aliphatic carbocycles. The van der Waals surface area contributed by atoms with Gasteiger partial charge in [-0.2, -0.15) is 5.10 Å². The fraction of sp³-hybridized carbons (Fsp3) is 0. The molecule has 0 aliphatic rings. The van der Waals surface area contributed by atoms with Crippen molar-refractivity contribution in [3.63, 3.8) is 0 Å². The van der Waals surface area contributed by atoms with Gasteiger partial charge in [0.05, 0.1) is 0 Å². The number of aliphatic hydroxyl groups excluding tert-OH is 1. The Morgan fingerprint density at radius 1 is 1.15 bits per heavy atom. The molecular formula is C13H10N2O4S. The first-order valence-electron chi connectivity index (χ1n) is 5.53. The van der Waals surface area contributed by atoms with Gasteiger partial charge in [0.1, 0.15) is 11.5 Å². The lowest BCUT2D eigenvalue weighted by Gasteiger charge is -1.99. The van der Waals surface area contributed by atoms with Crippen LogP contribution in [0.2, 0.25) is 0 Å². The molecule has 2 aromatic rings. The number of carbonyl (C=O) groups is 2. The lowest BCUT2D eigenvalue weighted by Crippen LogP contribution is -2.09. The average Bonchev–Trinajstić information content (AvgIpc) is 2.88. The summed E-state index contributed by atoms with van der Waals surface area (Å²) in [5, 5.41) is 22.1. The molecule has 0 atom stereocenters. The van der Waals surface area contributed by atoms with E-state index < -0.39 is 17.5 Å². The van der Waals surface area contributed by atoms with Crippen molar-refractivity contribution in [2.75, 3.05) is 0 Å². The number of rotatable bonds is 5. The average molecular weight is 290 g/mol. The summed E-state index contributed by atoms with van der Waals surface area (Å²) in [7, 11) is 0. The van der Waals surface area contributed by atoms with Crippen molar-refractivity contribution in [1.29, 1.82) is 0 Å². The Hall–Kier alpha value is -2.54. The summed E-state index contributed by atoms with van der Waals surface area (Å²) in [4.78, 5) is 22.3. The van der Waals surface area contributed by atoms with E-state index in [0.29, 0.717) is 6.08 Å². The highest BCUT2D eigenvalue weighted by atomic mass is 32.2. The maximum Gasteiger partial charge on any atom is 0.376 e. The number of aliphatic carboxylic acids is 1. The maximum atomic E-state index is 10.9. The number of carboxylic acid groups (broad SMARTS) is 1. The number of aliphatic hydroxyl groups is 1. The first kappa shape index (κ1) is 13.9. The van der Waals surface area contributed by atoms with Gasteiger partial charge in [-0.05, 0) is 18.2 Å². The van der Waals surface area contributed by atoms with Gasteiger partial charge in [-0.1, -0.05) is 18.2 Å². The number of nitrogens with zero attached hydrogens (tertiary/aromatic N) is 2. The fourth-order valence-electron chi connectivity index (χ4n) is 1.34. The summed E-state index contributed by atoms with van der Waals surface area (Å²) >= 11 is 1.32. The molecule has 0 amide bonds. The Kier molecular flexibility index (Phi) is 4.21.